The molecule has 0 radical (unpaired) electrons. The molecule has 0 aromatic heterocycles. The van der Waals surface area contributed by atoms with Crippen molar-refractivity contribution < 1.29 is 10.2 Å². The van der Waals surface area contributed by atoms with E-state index in [4.69, 9.17) is 5.11 Å². The van der Waals surface area contributed by atoms with Gasteiger partial charge in [0.25, 0.3) is 0 Å². The van der Waals surface area contributed by atoms with Gasteiger partial charge >= 0.3 is 0 Å². The summed E-state index contributed by atoms with van der Waals surface area (Å²) in [5, 5.41) is 19.1. The lowest BCUT2D eigenvalue weighted by Crippen LogP contribution is -2.38. The quantitative estimate of drug-likeness (QED) is 0.822. The minimum atomic E-state index is -0.485. The van der Waals surface area contributed by atoms with Crippen molar-refractivity contribution in [2.75, 3.05) is 20.2 Å². The van der Waals surface area contributed by atoms with Crippen molar-refractivity contribution >= 4 is 0 Å². The molecule has 0 heterocycles. The van der Waals surface area contributed by atoms with E-state index in [0.717, 1.165) is 44.3 Å². The highest BCUT2D eigenvalue weighted by Crippen LogP contribution is 2.30. The molecule has 0 atom stereocenters. The van der Waals surface area contributed by atoms with Gasteiger partial charge in [0, 0.05) is 18.7 Å². The lowest BCUT2D eigenvalue weighted by atomic mass is 10.0. The van der Waals surface area contributed by atoms with E-state index in [9.17, 15) is 5.11 Å². The number of aliphatic hydroxyl groups is 2. The summed E-state index contributed by atoms with van der Waals surface area (Å²) < 4.78 is 0. The Morgan fingerprint density at radius 2 is 1.85 bits per heavy atom. The smallest absolute Gasteiger partial charge is 0.104 e. The molecule has 3 nitrogen and oxygen atoms in total. The maximum atomic E-state index is 10.4. The van der Waals surface area contributed by atoms with Crippen LogP contribution in [0.4, 0.5) is 0 Å². The molecule has 0 saturated heterocycles. The highest BCUT2D eigenvalue weighted by atomic mass is 16.3. The van der Waals surface area contributed by atoms with E-state index in [0.29, 0.717) is 0 Å². The van der Waals surface area contributed by atoms with Crippen LogP contribution in [0.1, 0.15) is 36.8 Å². The SMILES string of the molecule is CN(Cc1ccc(C#CCO)cc1)CC1(O)CCCC1. The maximum absolute atomic E-state index is 10.4. The number of hydrogen-bond acceptors (Lipinski definition) is 3. The topological polar surface area (TPSA) is 43.7 Å². The van der Waals surface area contributed by atoms with Crippen LogP contribution in [0.25, 0.3) is 0 Å². The number of likely N-dealkylation sites (N-methyl/N-ethyl adjacent to an activating group) is 1. The van der Waals surface area contributed by atoms with E-state index in [2.05, 4.69) is 35.9 Å². The fourth-order valence-electron chi connectivity index (χ4n) is 2.90. The van der Waals surface area contributed by atoms with Crippen LogP contribution < -0.4 is 0 Å². The second-order valence-electron chi connectivity index (χ2n) is 5.76. The van der Waals surface area contributed by atoms with Crippen molar-refractivity contribution in [3.05, 3.63) is 35.4 Å². The third kappa shape index (κ3) is 4.35. The molecule has 1 aromatic carbocycles. The molecule has 1 saturated carbocycles. The van der Waals surface area contributed by atoms with Crippen LogP contribution in [-0.2, 0) is 6.54 Å². The van der Waals surface area contributed by atoms with Crippen LogP contribution in [-0.4, -0.2) is 40.9 Å². The number of nitrogens with zero attached hydrogens (tertiary/aromatic N) is 1. The molecule has 2 N–H and O–H groups in total. The van der Waals surface area contributed by atoms with E-state index < -0.39 is 5.60 Å². The Kier molecular flexibility index (Phi) is 5.19. The molecular weight excluding hydrogens is 250 g/mol. The molecule has 1 aliphatic rings. The number of rotatable bonds is 4. The van der Waals surface area contributed by atoms with Crippen LogP contribution in [0.15, 0.2) is 24.3 Å². The summed E-state index contributed by atoms with van der Waals surface area (Å²) in [6.45, 7) is 1.46. The molecule has 0 aliphatic heterocycles. The molecule has 2 rings (SSSR count). The zero-order valence-corrected chi connectivity index (χ0v) is 12.1. The van der Waals surface area contributed by atoms with Crippen molar-refractivity contribution in [2.45, 2.75) is 37.8 Å². The first kappa shape index (κ1) is 15.1. The molecule has 3 heteroatoms. The van der Waals surface area contributed by atoms with Crippen LogP contribution >= 0.6 is 0 Å². The number of benzene rings is 1. The molecule has 1 fully saturated rings. The summed E-state index contributed by atoms with van der Waals surface area (Å²) in [4.78, 5) is 2.18. The van der Waals surface area contributed by atoms with E-state index in [1.165, 1.54) is 5.56 Å². The fraction of sp³-hybridized carbons (Fsp3) is 0.529. The van der Waals surface area contributed by atoms with Gasteiger partial charge in [-0.25, -0.2) is 0 Å². The molecule has 1 aliphatic carbocycles. The Labute approximate surface area is 121 Å². The maximum Gasteiger partial charge on any atom is 0.104 e. The highest BCUT2D eigenvalue weighted by Gasteiger charge is 2.31. The van der Waals surface area contributed by atoms with Crippen LogP contribution in [0.3, 0.4) is 0 Å². The average Bonchev–Trinajstić information content (AvgIpc) is 2.84. The first-order valence-electron chi connectivity index (χ1n) is 7.21. The Morgan fingerprint density at radius 3 is 2.45 bits per heavy atom. The summed E-state index contributed by atoms with van der Waals surface area (Å²) in [5.41, 5.74) is 1.64. The van der Waals surface area contributed by atoms with Crippen molar-refractivity contribution in [3.8, 4) is 11.8 Å². The summed E-state index contributed by atoms with van der Waals surface area (Å²) >= 11 is 0. The van der Waals surface area contributed by atoms with E-state index >= 15 is 0 Å². The Balaban J connectivity index is 1.89. The minimum Gasteiger partial charge on any atom is -0.389 e. The van der Waals surface area contributed by atoms with Crippen molar-refractivity contribution in [2.24, 2.45) is 0 Å². The van der Waals surface area contributed by atoms with Crippen molar-refractivity contribution in [1.29, 1.82) is 0 Å². The molecule has 0 spiro atoms. The lowest BCUT2D eigenvalue weighted by Gasteiger charge is -2.28. The molecule has 0 bridgehead atoms. The van der Waals surface area contributed by atoms with E-state index in [1.807, 2.05) is 12.1 Å². The van der Waals surface area contributed by atoms with Gasteiger partial charge in [-0.3, -0.25) is 4.90 Å². The van der Waals surface area contributed by atoms with Gasteiger partial charge in [-0.2, -0.15) is 0 Å². The van der Waals surface area contributed by atoms with Crippen LogP contribution in [0.2, 0.25) is 0 Å². The first-order valence-corrected chi connectivity index (χ1v) is 7.21. The standard InChI is InChI=1S/C17H23NO2/c1-18(14-17(20)10-2-3-11-17)13-16-8-6-15(7-9-16)5-4-12-19/h6-9,19-20H,2-3,10-14H2,1H3. The summed E-state index contributed by atoms with van der Waals surface area (Å²) in [7, 11) is 2.05. The third-order valence-electron chi connectivity index (χ3n) is 3.82. The number of hydrogen-bond donors (Lipinski definition) is 2. The minimum absolute atomic E-state index is 0.108. The molecule has 20 heavy (non-hydrogen) atoms. The van der Waals surface area contributed by atoms with Gasteiger partial charge in [-0.15, -0.1) is 0 Å². The predicted octanol–water partition coefficient (Wildman–Crippen LogP) is 1.77. The Hall–Kier alpha value is -1.34. The second kappa shape index (κ2) is 6.90. The fourth-order valence-corrected chi connectivity index (χ4v) is 2.90. The lowest BCUT2D eigenvalue weighted by molar-refractivity contribution is 0.0145. The van der Waals surface area contributed by atoms with Crippen molar-refractivity contribution in [1.82, 2.24) is 4.90 Å². The predicted molar refractivity (Wildman–Crippen MR) is 80.2 cm³/mol. The van der Waals surface area contributed by atoms with Crippen molar-refractivity contribution in [3.63, 3.8) is 0 Å². The largest absolute Gasteiger partial charge is 0.389 e. The normalized spacial score (nSPS) is 17.0. The van der Waals surface area contributed by atoms with Gasteiger partial charge in [0.15, 0.2) is 0 Å². The van der Waals surface area contributed by atoms with Crippen LogP contribution in [0, 0.1) is 11.8 Å². The van der Waals surface area contributed by atoms with E-state index in [1.54, 1.807) is 0 Å². The molecule has 1 aromatic rings. The second-order valence-corrected chi connectivity index (χ2v) is 5.76. The van der Waals surface area contributed by atoms with Gasteiger partial charge < -0.3 is 10.2 Å². The van der Waals surface area contributed by atoms with Crippen LogP contribution in [0.5, 0.6) is 0 Å². The average molecular weight is 273 g/mol. The first-order chi connectivity index (χ1) is 9.61. The van der Waals surface area contributed by atoms with Gasteiger partial charge in [-0.1, -0.05) is 36.8 Å². The van der Waals surface area contributed by atoms with E-state index in [-0.39, 0.29) is 6.61 Å². The Morgan fingerprint density at radius 1 is 1.20 bits per heavy atom. The zero-order valence-electron chi connectivity index (χ0n) is 12.1. The highest BCUT2D eigenvalue weighted by molar-refractivity contribution is 5.36. The van der Waals surface area contributed by atoms with Gasteiger partial charge in [-0.05, 0) is 37.6 Å². The Bertz CT molecular complexity index is 478. The van der Waals surface area contributed by atoms with Gasteiger partial charge in [0.05, 0.1) is 5.60 Å². The van der Waals surface area contributed by atoms with Gasteiger partial charge in [0.1, 0.15) is 6.61 Å². The molecular formula is C17H23NO2. The number of aliphatic hydroxyl groups excluding tert-OH is 1. The summed E-state index contributed by atoms with van der Waals surface area (Å²) in [6.07, 6.45) is 4.13. The summed E-state index contributed by atoms with van der Waals surface area (Å²) in [6, 6.07) is 8.04. The van der Waals surface area contributed by atoms with Gasteiger partial charge in [0.2, 0.25) is 0 Å². The third-order valence-corrected chi connectivity index (χ3v) is 3.82. The monoisotopic (exact) mass is 273 g/mol. The molecule has 0 amide bonds. The molecule has 0 unspecified atom stereocenters. The summed E-state index contributed by atoms with van der Waals surface area (Å²) in [5.74, 6) is 5.53. The molecule has 108 valence electrons. The zero-order chi connectivity index (χ0) is 14.4.